The average Bonchev–Trinajstić information content (AvgIpc) is 3.42. The number of fused-ring (bicyclic) bond motifs is 3. The number of aromatic nitrogens is 3. The summed E-state index contributed by atoms with van der Waals surface area (Å²) in [4.78, 5) is 44.5. The van der Waals surface area contributed by atoms with Gasteiger partial charge in [0, 0.05) is 18.4 Å². The topological polar surface area (TPSA) is 157 Å². The number of anilines is 2. The minimum absolute atomic E-state index is 0.126. The second-order valence-corrected chi connectivity index (χ2v) is 12.5. The van der Waals surface area contributed by atoms with E-state index in [0.717, 1.165) is 42.6 Å². The Hall–Kier alpha value is -4.61. The highest BCUT2D eigenvalue weighted by Gasteiger charge is 2.31. The van der Waals surface area contributed by atoms with Crippen molar-refractivity contribution in [2.45, 2.75) is 90.1 Å². The molecule has 0 aliphatic heterocycles. The molecule has 0 radical (unpaired) electrons. The second kappa shape index (κ2) is 14.9. The van der Waals surface area contributed by atoms with Gasteiger partial charge in [-0.05, 0) is 66.5 Å². The highest BCUT2D eigenvalue weighted by molar-refractivity contribution is 5.95. The van der Waals surface area contributed by atoms with Gasteiger partial charge in [-0.3, -0.25) is 24.8 Å². The normalized spacial score (nSPS) is 17.3. The van der Waals surface area contributed by atoms with Crippen LogP contribution in [0.15, 0.2) is 29.1 Å². The van der Waals surface area contributed by atoms with Crippen LogP contribution < -0.4 is 35.6 Å². The molecule has 1 fully saturated rings. The molecule has 1 aromatic heterocycles. The Labute approximate surface area is 275 Å². The lowest BCUT2D eigenvalue weighted by Crippen LogP contribution is -2.41. The number of carbonyl (C=O) groups excluding carboxylic acids is 2. The first-order chi connectivity index (χ1) is 22.7. The molecule has 252 valence electrons. The number of hydrogen-bond donors (Lipinski definition) is 4. The number of amides is 2. The molecular formula is C35H46N6O6. The minimum atomic E-state index is -0.746. The van der Waals surface area contributed by atoms with Crippen molar-refractivity contribution in [3.8, 4) is 28.4 Å². The van der Waals surface area contributed by atoms with Crippen LogP contribution in [0.4, 0.5) is 11.6 Å². The molecule has 4 N–H and O–H groups in total. The van der Waals surface area contributed by atoms with Gasteiger partial charge < -0.3 is 24.8 Å². The lowest BCUT2D eigenvalue weighted by molar-refractivity contribution is -0.120. The number of nitrogens with zero attached hydrogens (tertiary/aromatic N) is 2. The van der Waals surface area contributed by atoms with Crippen molar-refractivity contribution in [2.75, 3.05) is 32.0 Å². The number of carbonyl (C=O) groups is 2. The predicted molar refractivity (Wildman–Crippen MR) is 180 cm³/mol. The fraction of sp³-hybridized carbons (Fsp3) is 0.514. The van der Waals surface area contributed by atoms with Crippen LogP contribution in [-0.2, 0) is 16.0 Å². The Kier molecular flexibility index (Phi) is 10.7. The first kappa shape index (κ1) is 33.7. The van der Waals surface area contributed by atoms with Crippen LogP contribution in [0.25, 0.3) is 11.1 Å². The summed E-state index contributed by atoms with van der Waals surface area (Å²) in [6, 6.07) is 5.79. The molecule has 0 saturated heterocycles. The standard InChI is InChI=1S/C35H46N6O6/c1-7-19(2)30(34(44)39-35-38-33(40-41-35)21-11-9-8-10-12-21)37-26-16-14-23-24(18-27(26)43)25(36-20(3)42)15-13-22-17-28(45-4)31(46-5)32(47-6)29(22)23/h14,16-19,21,25,30H,7-13,15H2,1-6H3,(H,36,42)(H,37,43)(H2,38,39,40,41,44)/t19-,25+,30+/m1/s1. The predicted octanol–water partition coefficient (Wildman–Crippen LogP) is 5.49. The highest BCUT2D eigenvalue weighted by Crippen LogP contribution is 2.50. The van der Waals surface area contributed by atoms with E-state index in [1.54, 1.807) is 33.5 Å². The molecule has 1 heterocycles. The van der Waals surface area contributed by atoms with Gasteiger partial charge in [0.2, 0.25) is 28.9 Å². The fourth-order valence-electron chi connectivity index (χ4n) is 6.77. The Morgan fingerprint density at radius 2 is 1.77 bits per heavy atom. The minimum Gasteiger partial charge on any atom is -0.493 e. The molecule has 5 rings (SSSR count). The van der Waals surface area contributed by atoms with Crippen LogP contribution in [0.5, 0.6) is 17.2 Å². The molecular weight excluding hydrogens is 600 g/mol. The van der Waals surface area contributed by atoms with Crippen molar-refractivity contribution in [1.29, 1.82) is 0 Å². The lowest BCUT2D eigenvalue weighted by Gasteiger charge is -2.23. The zero-order chi connectivity index (χ0) is 33.7. The Bertz CT molecular complexity index is 1670. The van der Waals surface area contributed by atoms with Crippen LogP contribution in [-0.4, -0.2) is 54.4 Å². The van der Waals surface area contributed by atoms with Gasteiger partial charge in [0.05, 0.1) is 33.1 Å². The summed E-state index contributed by atoms with van der Waals surface area (Å²) in [6.45, 7) is 5.41. The first-order valence-electron chi connectivity index (χ1n) is 16.5. The van der Waals surface area contributed by atoms with Gasteiger partial charge in [-0.25, -0.2) is 0 Å². The fourth-order valence-corrected chi connectivity index (χ4v) is 6.77. The molecule has 12 heteroatoms. The lowest BCUT2D eigenvalue weighted by atomic mass is 9.89. The van der Waals surface area contributed by atoms with Crippen molar-refractivity contribution < 1.29 is 23.8 Å². The van der Waals surface area contributed by atoms with E-state index >= 15 is 0 Å². The third kappa shape index (κ3) is 7.21. The van der Waals surface area contributed by atoms with E-state index in [4.69, 9.17) is 14.2 Å². The zero-order valence-electron chi connectivity index (χ0n) is 28.1. The van der Waals surface area contributed by atoms with E-state index in [1.165, 1.54) is 13.3 Å². The molecule has 12 nitrogen and oxygen atoms in total. The summed E-state index contributed by atoms with van der Waals surface area (Å²) in [5, 5.41) is 16.4. The number of methoxy groups -OCH3 is 3. The summed E-state index contributed by atoms with van der Waals surface area (Å²) >= 11 is 0. The number of nitrogens with one attached hydrogen (secondary N) is 4. The third-order valence-corrected chi connectivity index (χ3v) is 9.45. The average molecular weight is 647 g/mol. The number of H-pyrrole nitrogens is 1. The van der Waals surface area contributed by atoms with Gasteiger partial charge in [0.15, 0.2) is 11.5 Å². The van der Waals surface area contributed by atoms with Gasteiger partial charge in [0.1, 0.15) is 11.9 Å². The van der Waals surface area contributed by atoms with Gasteiger partial charge >= 0.3 is 0 Å². The quantitative estimate of drug-likeness (QED) is 0.211. The molecule has 0 unspecified atom stereocenters. The maximum Gasteiger partial charge on any atom is 0.249 e. The van der Waals surface area contributed by atoms with Crippen LogP contribution in [0, 0.1) is 5.92 Å². The molecule has 2 aliphatic rings. The molecule has 1 saturated carbocycles. The maximum atomic E-state index is 13.9. The maximum absolute atomic E-state index is 13.9. The summed E-state index contributed by atoms with van der Waals surface area (Å²) in [7, 11) is 4.67. The number of aromatic amines is 1. The Morgan fingerprint density at radius 1 is 1.02 bits per heavy atom. The van der Waals surface area contributed by atoms with E-state index in [1.807, 2.05) is 26.0 Å². The van der Waals surface area contributed by atoms with Gasteiger partial charge in [-0.2, -0.15) is 4.98 Å². The molecule has 47 heavy (non-hydrogen) atoms. The van der Waals surface area contributed by atoms with Gasteiger partial charge in [0.25, 0.3) is 0 Å². The summed E-state index contributed by atoms with van der Waals surface area (Å²) in [6.07, 6.45) is 7.49. The molecule has 2 aliphatic carbocycles. The summed E-state index contributed by atoms with van der Waals surface area (Å²) in [5.74, 6) is 2.09. The van der Waals surface area contributed by atoms with Crippen molar-refractivity contribution in [3.63, 3.8) is 0 Å². The third-order valence-electron chi connectivity index (χ3n) is 9.45. The van der Waals surface area contributed by atoms with E-state index in [0.29, 0.717) is 53.6 Å². The van der Waals surface area contributed by atoms with Crippen LogP contribution >= 0.6 is 0 Å². The number of aryl methyl sites for hydroxylation is 1. The number of hydrogen-bond acceptors (Lipinski definition) is 9. The van der Waals surface area contributed by atoms with Gasteiger partial charge in [-0.1, -0.05) is 45.6 Å². The molecule has 3 atom stereocenters. The van der Waals surface area contributed by atoms with Crippen LogP contribution in [0.3, 0.4) is 0 Å². The summed E-state index contributed by atoms with van der Waals surface area (Å²) < 4.78 is 17.2. The second-order valence-electron chi connectivity index (χ2n) is 12.5. The number of benzene rings is 1. The number of ether oxygens (including phenoxy) is 3. The van der Waals surface area contributed by atoms with Crippen molar-refractivity contribution in [3.05, 3.63) is 51.4 Å². The van der Waals surface area contributed by atoms with E-state index in [-0.39, 0.29) is 34.8 Å². The summed E-state index contributed by atoms with van der Waals surface area (Å²) in [5.41, 5.74) is 2.96. The smallest absolute Gasteiger partial charge is 0.249 e. The molecule has 0 spiro atoms. The van der Waals surface area contributed by atoms with E-state index in [2.05, 4.69) is 31.1 Å². The number of rotatable bonds is 11. The van der Waals surface area contributed by atoms with Crippen molar-refractivity contribution >= 4 is 23.5 Å². The largest absolute Gasteiger partial charge is 0.493 e. The Balaban J connectivity index is 1.53. The van der Waals surface area contributed by atoms with Crippen LogP contribution in [0.1, 0.15) is 94.6 Å². The molecule has 0 bridgehead atoms. The monoisotopic (exact) mass is 646 g/mol. The SMILES string of the molecule is CC[C@@H](C)[C@H](Nc1ccc2c(cc1=O)[C@@H](NC(C)=O)CCc1cc(OC)c(OC)c(OC)c1-2)C(=O)Nc1n[nH]c(C2CCCCC2)n1. The van der Waals surface area contributed by atoms with E-state index in [9.17, 15) is 14.4 Å². The molecule has 3 aromatic rings. The van der Waals surface area contributed by atoms with Gasteiger partial charge in [-0.15, -0.1) is 5.10 Å². The zero-order valence-corrected chi connectivity index (χ0v) is 28.1. The van der Waals surface area contributed by atoms with Crippen LogP contribution in [0.2, 0.25) is 0 Å². The molecule has 2 aromatic carbocycles. The highest BCUT2D eigenvalue weighted by atomic mass is 16.5. The Morgan fingerprint density at radius 3 is 2.43 bits per heavy atom. The van der Waals surface area contributed by atoms with E-state index < -0.39 is 12.1 Å². The van der Waals surface area contributed by atoms with Crippen molar-refractivity contribution in [2.24, 2.45) is 5.92 Å². The van der Waals surface area contributed by atoms with Crippen molar-refractivity contribution in [1.82, 2.24) is 20.5 Å². The first-order valence-corrected chi connectivity index (χ1v) is 16.5. The molecule has 2 amide bonds.